The average molecular weight is 298 g/mol. The van der Waals surface area contributed by atoms with E-state index >= 15 is 0 Å². The van der Waals surface area contributed by atoms with Crippen molar-refractivity contribution in [2.45, 2.75) is 58.9 Å². The highest BCUT2D eigenvalue weighted by atomic mass is 32.1. The molecule has 0 radical (unpaired) electrons. The van der Waals surface area contributed by atoms with E-state index in [0.29, 0.717) is 23.7 Å². The van der Waals surface area contributed by atoms with Crippen LogP contribution in [0.3, 0.4) is 0 Å². The number of rotatable bonds is 9. The summed E-state index contributed by atoms with van der Waals surface area (Å²) in [5.74, 6) is -0.959. The molecule has 0 atom stereocenters. The van der Waals surface area contributed by atoms with Gasteiger partial charge in [0.2, 0.25) is 5.91 Å². The summed E-state index contributed by atoms with van der Waals surface area (Å²) < 4.78 is 0. The van der Waals surface area contributed by atoms with Crippen molar-refractivity contribution in [3.05, 3.63) is 15.6 Å². The van der Waals surface area contributed by atoms with Crippen molar-refractivity contribution in [2.75, 3.05) is 0 Å². The molecule has 1 aromatic heterocycles. The number of unbranched alkanes of at least 4 members (excludes halogenated alkanes) is 4. The zero-order valence-electron chi connectivity index (χ0n) is 12.1. The molecule has 1 amide bonds. The van der Waals surface area contributed by atoms with Gasteiger partial charge in [-0.25, -0.2) is 9.78 Å². The van der Waals surface area contributed by atoms with Crippen LogP contribution in [0.25, 0.3) is 0 Å². The standard InChI is InChI=1S/C14H22N2O3S/c1-3-4-5-6-7-8-11(17)15-9-12-16-10(2)13(20-12)14(18)19/h3-9H2,1-2H3,(H,15,17)(H,18,19). The minimum absolute atomic E-state index is 0.00577. The second kappa shape index (κ2) is 8.68. The number of carboxylic acids is 1. The number of nitrogens with one attached hydrogen (secondary N) is 1. The molecule has 112 valence electrons. The highest BCUT2D eigenvalue weighted by molar-refractivity contribution is 7.13. The van der Waals surface area contributed by atoms with Gasteiger partial charge in [0.15, 0.2) is 0 Å². The fourth-order valence-electron chi connectivity index (χ4n) is 1.88. The van der Waals surface area contributed by atoms with E-state index in [1.165, 1.54) is 19.3 Å². The van der Waals surface area contributed by atoms with Crippen molar-refractivity contribution >= 4 is 23.2 Å². The van der Waals surface area contributed by atoms with Crippen LogP contribution in [0, 0.1) is 6.92 Å². The lowest BCUT2D eigenvalue weighted by atomic mass is 10.1. The quantitative estimate of drug-likeness (QED) is 0.686. The van der Waals surface area contributed by atoms with Crippen molar-refractivity contribution in [1.82, 2.24) is 10.3 Å². The third kappa shape index (κ3) is 5.69. The molecular weight excluding hydrogens is 276 g/mol. The number of thiazole rings is 1. The Morgan fingerprint density at radius 1 is 1.25 bits per heavy atom. The third-order valence-corrected chi connectivity index (χ3v) is 4.12. The Balaban J connectivity index is 2.27. The van der Waals surface area contributed by atoms with Gasteiger partial charge < -0.3 is 10.4 Å². The molecular formula is C14H22N2O3S. The smallest absolute Gasteiger partial charge is 0.347 e. The lowest BCUT2D eigenvalue weighted by Crippen LogP contribution is -2.22. The van der Waals surface area contributed by atoms with E-state index < -0.39 is 5.97 Å². The summed E-state index contributed by atoms with van der Waals surface area (Å²) in [5.41, 5.74) is 0.506. The molecule has 1 rings (SSSR count). The van der Waals surface area contributed by atoms with Crippen molar-refractivity contribution in [1.29, 1.82) is 0 Å². The number of carbonyl (C=O) groups excluding carboxylic acids is 1. The Morgan fingerprint density at radius 2 is 1.95 bits per heavy atom. The molecule has 5 nitrogen and oxygen atoms in total. The van der Waals surface area contributed by atoms with E-state index in [2.05, 4.69) is 17.2 Å². The molecule has 20 heavy (non-hydrogen) atoms. The molecule has 0 aliphatic rings. The molecule has 0 spiro atoms. The van der Waals surface area contributed by atoms with Gasteiger partial charge >= 0.3 is 5.97 Å². The van der Waals surface area contributed by atoms with Gasteiger partial charge in [-0.1, -0.05) is 32.6 Å². The van der Waals surface area contributed by atoms with Crippen molar-refractivity contribution in [3.63, 3.8) is 0 Å². The lowest BCUT2D eigenvalue weighted by Gasteiger charge is -2.03. The molecule has 0 aromatic carbocycles. The maximum Gasteiger partial charge on any atom is 0.347 e. The zero-order valence-corrected chi connectivity index (χ0v) is 12.9. The van der Waals surface area contributed by atoms with Gasteiger partial charge in [0.1, 0.15) is 9.88 Å². The highest BCUT2D eigenvalue weighted by Gasteiger charge is 2.14. The summed E-state index contributed by atoms with van der Waals surface area (Å²) >= 11 is 1.12. The SMILES string of the molecule is CCCCCCCC(=O)NCc1nc(C)c(C(=O)O)s1. The number of aromatic nitrogens is 1. The first-order valence-corrected chi connectivity index (χ1v) is 7.82. The van der Waals surface area contributed by atoms with Gasteiger partial charge in [-0.3, -0.25) is 4.79 Å². The molecule has 1 heterocycles. The van der Waals surface area contributed by atoms with E-state index in [-0.39, 0.29) is 10.8 Å². The number of carboxylic acid groups (broad SMARTS) is 1. The van der Waals surface area contributed by atoms with Crippen molar-refractivity contribution in [2.24, 2.45) is 0 Å². The second-order valence-corrected chi connectivity index (χ2v) is 5.85. The van der Waals surface area contributed by atoms with Gasteiger partial charge in [-0.15, -0.1) is 11.3 Å². The van der Waals surface area contributed by atoms with Gasteiger partial charge in [-0.2, -0.15) is 0 Å². The van der Waals surface area contributed by atoms with E-state index in [1.807, 2.05) is 0 Å². The molecule has 2 N–H and O–H groups in total. The molecule has 0 saturated heterocycles. The van der Waals surface area contributed by atoms with Crippen LogP contribution >= 0.6 is 11.3 Å². The number of nitrogens with zero attached hydrogens (tertiary/aromatic N) is 1. The Labute approximate surface area is 123 Å². The molecule has 0 fully saturated rings. The number of aryl methyl sites for hydroxylation is 1. The summed E-state index contributed by atoms with van der Waals surface area (Å²) in [6, 6.07) is 0. The van der Waals surface area contributed by atoms with Gasteiger partial charge in [0.25, 0.3) is 0 Å². The molecule has 1 aromatic rings. The maximum absolute atomic E-state index is 11.6. The Bertz CT molecular complexity index is 457. The fraction of sp³-hybridized carbons (Fsp3) is 0.643. The summed E-state index contributed by atoms with van der Waals surface area (Å²) in [5, 5.41) is 12.3. The predicted molar refractivity (Wildman–Crippen MR) is 79.0 cm³/mol. The second-order valence-electron chi connectivity index (χ2n) is 4.77. The number of aromatic carboxylic acids is 1. The lowest BCUT2D eigenvalue weighted by molar-refractivity contribution is -0.121. The first kappa shape index (κ1) is 16.6. The molecule has 6 heteroatoms. The van der Waals surface area contributed by atoms with Crippen molar-refractivity contribution < 1.29 is 14.7 Å². The van der Waals surface area contributed by atoms with Gasteiger partial charge in [-0.05, 0) is 13.3 Å². The summed E-state index contributed by atoms with van der Waals surface area (Å²) in [4.78, 5) is 26.9. The first-order chi connectivity index (χ1) is 9.54. The van der Waals surface area contributed by atoms with Crippen LogP contribution in [0.4, 0.5) is 0 Å². The maximum atomic E-state index is 11.6. The van der Waals surface area contributed by atoms with Crippen LogP contribution in [0.15, 0.2) is 0 Å². The molecule has 0 aliphatic carbocycles. The van der Waals surface area contributed by atoms with Gasteiger partial charge in [0, 0.05) is 6.42 Å². The van der Waals surface area contributed by atoms with Crippen molar-refractivity contribution in [3.8, 4) is 0 Å². The monoisotopic (exact) mass is 298 g/mol. The van der Waals surface area contributed by atoms with Crippen LogP contribution in [0.2, 0.25) is 0 Å². The molecule has 0 aliphatic heterocycles. The van der Waals surface area contributed by atoms with E-state index in [4.69, 9.17) is 5.11 Å². The highest BCUT2D eigenvalue weighted by Crippen LogP contribution is 2.17. The van der Waals surface area contributed by atoms with Gasteiger partial charge in [0.05, 0.1) is 12.2 Å². The number of hydrogen-bond acceptors (Lipinski definition) is 4. The van der Waals surface area contributed by atoms with Crippen LogP contribution in [0.1, 0.15) is 65.8 Å². The minimum Gasteiger partial charge on any atom is -0.477 e. The normalized spacial score (nSPS) is 10.5. The van der Waals surface area contributed by atoms with E-state index in [0.717, 1.165) is 24.2 Å². The van der Waals surface area contributed by atoms with E-state index in [9.17, 15) is 9.59 Å². The molecule has 0 saturated carbocycles. The molecule has 0 bridgehead atoms. The average Bonchev–Trinajstić information content (AvgIpc) is 2.77. The number of hydrogen-bond donors (Lipinski definition) is 2. The van der Waals surface area contributed by atoms with Crippen LogP contribution < -0.4 is 5.32 Å². The van der Waals surface area contributed by atoms with Crippen LogP contribution in [-0.4, -0.2) is 22.0 Å². The Hall–Kier alpha value is -1.43. The summed E-state index contributed by atoms with van der Waals surface area (Å²) in [6.45, 7) is 4.14. The summed E-state index contributed by atoms with van der Waals surface area (Å²) in [7, 11) is 0. The zero-order chi connectivity index (χ0) is 15.0. The first-order valence-electron chi connectivity index (χ1n) is 7.01. The molecule has 0 unspecified atom stereocenters. The minimum atomic E-state index is -0.964. The van der Waals surface area contributed by atoms with E-state index in [1.54, 1.807) is 6.92 Å². The fourth-order valence-corrected chi connectivity index (χ4v) is 2.72. The van der Waals surface area contributed by atoms with Crippen LogP contribution in [-0.2, 0) is 11.3 Å². The number of amides is 1. The summed E-state index contributed by atoms with van der Waals surface area (Å²) in [6.07, 6.45) is 6.11. The Morgan fingerprint density at radius 3 is 2.55 bits per heavy atom. The number of carbonyl (C=O) groups is 2. The topological polar surface area (TPSA) is 79.3 Å². The Kier molecular flexibility index (Phi) is 7.22. The van der Waals surface area contributed by atoms with Crippen LogP contribution in [0.5, 0.6) is 0 Å². The third-order valence-electron chi connectivity index (χ3n) is 2.98. The largest absolute Gasteiger partial charge is 0.477 e. The predicted octanol–water partition coefficient (Wildman–Crippen LogP) is 3.13.